The number of benzene rings is 2. The van der Waals surface area contributed by atoms with E-state index in [0.717, 1.165) is 5.56 Å². The number of carbonyl (C=O) groups is 1. The second-order valence-electron chi connectivity index (χ2n) is 5.76. The van der Waals surface area contributed by atoms with Crippen molar-refractivity contribution in [1.29, 1.82) is 0 Å². The van der Waals surface area contributed by atoms with Gasteiger partial charge in [0.1, 0.15) is 4.90 Å². The van der Waals surface area contributed by atoms with Gasteiger partial charge >= 0.3 is 0 Å². The molecule has 1 atom stereocenters. The number of methoxy groups -OCH3 is 2. The Morgan fingerprint density at radius 2 is 1.81 bits per heavy atom. The number of aryl methyl sites for hydroxylation is 1. The molecule has 2 aromatic rings. The van der Waals surface area contributed by atoms with Crippen molar-refractivity contribution < 1.29 is 22.7 Å². The monoisotopic (exact) mass is 377 g/mol. The van der Waals surface area contributed by atoms with Crippen LogP contribution in [0.2, 0.25) is 0 Å². The Bertz CT molecular complexity index is 959. The average Bonchev–Trinajstić information content (AvgIpc) is 2.60. The lowest BCUT2D eigenvalue weighted by molar-refractivity contribution is -0.117. The Balaban J connectivity index is 1.83. The molecular weight excluding hydrogens is 358 g/mol. The van der Waals surface area contributed by atoms with Gasteiger partial charge in [0.25, 0.3) is 5.91 Å². The molecule has 2 aromatic carbocycles. The largest absolute Gasteiger partial charge is 0.493 e. The van der Waals surface area contributed by atoms with Crippen LogP contribution in [0.1, 0.15) is 5.56 Å². The number of hydrogen-bond donors (Lipinski definition) is 3. The zero-order valence-corrected chi connectivity index (χ0v) is 15.3. The summed E-state index contributed by atoms with van der Waals surface area (Å²) in [6.45, 7) is 1.84. The summed E-state index contributed by atoms with van der Waals surface area (Å²) >= 11 is 0. The summed E-state index contributed by atoms with van der Waals surface area (Å²) in [4.78, 5) is 12.6. The second kappa shape index (κ2) is 6.85. The average molecular weight is 377 g/mol. The summed E-state index contributed by atoms with van der Waals surface area (Å²) in [5.74, 6) is 0.419. The molecule has 0 fully saturated rings. The molecule has 0 radical (unpaired) electrons. The van der Waals surface area contributed by atoms with Crippen LogP contribution >= 0.6 is 0 Å². The van der Waals surface area contributed by atoms with Gasteiger partial charge in [0.2, 0.25) is 10.0 Å². The highest BCUT2D eigenvalue weighted by atomic mass is 32.2. The Kier molecular flexibility index (Phi) is 4.75. The van der Waals surface area contributed by atoms with Gasteiger partial charge < -0.3 is 20.1 Å². The third kappa shape index (κ3) is 3.44. The Morgan fingerprint density at radius 1 is 1.08 bits per heavy atom. The molecule has 1 aliphatic heterocycles. The van der Waals surface area contributed by atoms with E-state index in [1.165, 1.54) is 20.3 Å². The van der Waals surface area contributed by atoms with Crippen LogP contribution in [0.5, 0.6) is 11.5 Å². The molecule has 0 saturated carbocycles. The maximum absolute atomic E-state index is 12.5. The van der Waals surface area contributed by atoms with Crippen LogP contribution in [0, 0.1) is 6.92 Å². The van der Waals surface area contributed by atoms with E-state index < -0.39 is 22.1 Å². The number of anilines is 2. The van der Waals surface area contributed by atoms with Crippen molar-refractivity contribution in [3.63, 3.8) is 0 Å². The Morgan fingerprint density at radius 3 is 2.50 bits per heavy atom. The standard InChI is InChI=1S/C17H19N3O5S/c1-10-4-7-15-12(8-10)19-16(20-26(15,22)23)17(21)18-11-5-6-13(24-2)14(9-11)25-3/h4-9,16,19-20H,1-3H3,(H,18,21)/t16-/m0/s1. The summed E-state index contributed by atoms with van der Waals surface area (Å²) in [5.41, 5.74) is 1.72. The van der Waals surface area contributed by atoms with E-state index in [0.29, 0.717) is 22.9 Å². The lowest BCUT2D eigenvalue weighted by Gasteiger charge is -2.27. The molecule has 0 aromatic heterocycles. The lowest BCUT2D eigenvalue weighted by Crippen LogP contribution is -2.51. The molecule has 3 N–H and O–H groups in total. The zero-order valence-electron chi connectivity index (χ0n) is 14.5. The minimum atomic E-state index is -3.79. The number of ether oxygens (including phenoxy) is 2. The number of nitrogens with one attached hydrogen (secondary N) is 3. The Labute approximate surface area is 151 Å². The van der Waals surface area contributed by atoms with Crippen LogP contribution in [0.4, 0.5) is 11.4 Å². The fourth-order valence-corrected chi connectivity index (χ4v) is 3.90. The van der Waals surface area contributed by atoms with E-state index in [1.807, 2.05) is 6.92 Å². The quantitative estimate of drug-likeness (QED) is 0.749. The van der Waals surface area contributed by atoms with Crippen LogP contribution in [0.25, 0.3) is 0 Å². The van der Waals surface area contributed by atoms with Gasteiger partial charge in [0.15, 0.2) is 17.7 Å². The molecular formula is C17H19N3O5S. The molecule has 1 heterocycles. The van der Waals surface area contributed by atoms with Crippen LogP contribution in [0.3, 0.4) is 0 Å². The molecule has 26 heavy (non-hydrogen) atoms. The predicted molar refractivity (Wildman–Crippen MR) is 97.1 cm³/mol. The maximum atomic E-state index is 12.5. The van der Waals surface area contributed by atoms with Crippen LogP contribution in [0.15, 0.2) is 41.3 Å². The van der Waals surface area contributed by atoms with E-state index in [4.69, 9.17) is 9.47 Å². The van der Waals surface area contributed by atoms with E-state index in [1.54, 1.807) is 30.3 Å². The predicted octanol–water partition coefficient (Wildman–Crippen LogP) is 1.68. The normalized spacial score (nSPS) is 17.6. The summed E-state index contributed by atoms with van der Waals surface area (Å²) in [7, 11) is -0.791. The lowest BCUT2D eigenvalue weighted by atomic mass is 10.2. The van der Waals surface area contributed by atoms with Gasteiger partial charge in [-0.2, -0.15) is 4.72 Å². The second-order valence-corrected chi connectivity index (χ2v) is 7.44. The van der Waals surface area contributed by atoms with Gasteiger partial charge in [0.05, 0.1) is 19.9 Å². The molecule has 0 bridgehead atoms. The molecule has 8 nitrogen and oxygen atoms in total. The highest BCUT2D eigenvalue weighted by molar-refractivity contribution is 7.89. The van der Waals surface area contributed by atoms with Gasteiger partial charge in [-0.25, -0.2) is 8.42 Å². The summed E-state index contributed by atoms with van der Waals surface area (Å²) in [5, 5.41) is 5.56. The van der Waals surface area contributed by atoms with Crippen molar-refractivity contribution in [3.8, 4) is 11.5 Å². The van der Waals surface area contributed by atoms with Crippen molar-refractivity contribution in [1.82, 2.24) is 4.72 Å². The third-order valence-corrected chi connectivity index (χ3v) is 5.39. The van der Waals surface area contributed by atoms with Crippen molar-refractivity contribution in [3.05, 3.63) is 42.0 Å². The fourth-order valence-electron chi connectivity index (χ4n) is 2.64. The molecule has 1 amide bonds. The van der Waals surface area contributed by atoms with Crippen LogP contribution < -0.4 is 24.8 Å². The molecule has 0 spiro atoms. The van der Waals surface area contributed by atoms with Crippen LogP contribution in [-0.4, -0.2) is 34.7 Å². The topological polar surface area (TPSA) is 106 Å². The number of amides is 1. The van der Waals surface area contributed by atoms with E-state index >= 15 is 0 Å². The highest BCUT2D eigenvalue weighted by Crippen LogP contribution is 2.30. The van der Waals surface area contributed by atoms with E-state index in [9.17, 15) is 13.2 Å². The van der Waals surface area contributed by atoms with E-state index in [-0.39, 0.29) is 4.90 Å². The third-order valence-electron chi connectivity index (χ3n) is 3.91. The number of hydrogen-bond acceptors (Lipinski definition) is 6. The summed E-state index contributed by atoms with van der Waals surface area (Å²) in [6.07, 6.45) is -1.14. The number of fused-ring (bicyclic) bond motifs is 1. The summed E-state index contributed by atoms with van der Waals surface area (Å²) in [6, 6.07) is 9.75. The number of carbonyl (C=O) groups excluding carboxylic acids is 1. The number of rotatable bonds is 4. The minimum absolute atomic E-state index is 0.110. The smallest absolute Gasteiger partial charge is 0.262 e. The van der Waals surface area contributed by atoms with Crippen molar-refractivity contribution in [2.45, 2.75) is 18.0 Å². The first-order valence-corrected chi connectivity index (χ1v) is 9.25. The van der Waals surface area contributed by atoms with Gasteiger partial charge in [-0.05, 0) is 36.8 Å². The SMILES string of the molecule is COc1ccc(NC(=O)[C@H]2Nc3cc(C)ccc3S(=O)(=O)N2)cc1OC. The molecule has 3 rings (SSSR count). The molecule has 0 aliphatic carbocycles. The first-order chi connectivity index (χ1) is 12.3. The van der Waals surface area contributed by atoms with Gasteiger partial charge in [-0.15, -0.1) is 0 Å². The molecule has 138 valence electrons. The van der Waals surface area contributed by atoms with Gasteiger partial charge in [-0.1, -0.05) is 6.07 Å². The van der Waals surface area contributed by atoms with Crippen molar-refractivity contribution >= 4 is 27.3 Å². The Hall–Kier alpha value is -2.78. The first-order valence-electron chi connectivity index (χ1n) is 7.76. The number of sulfonamides is 1. The first kappa shape index (κ1) is 18.0. The summed E-state index contributed by atoms with van der Waals surface area (Å²) < 4.78 is 37.4. The van der Waals surface area contributed by atoms with Crippen LogP contribution in [-0.2, 0) is 14.8 Å². The molecule has 9 heteroatoms. The minimum Gasteiger partial charge on any atom is -0.493 e. The molecule has 0 saturated heterocycles. The van der Waals surface area contributed by atoms with Gasteiger partial charge in [0, 0.05) is 11.8 Å². The van der Waals surface area contributed by atoms with Crippen molar-refractivity contribution in [2.24, 2.45) is 0 Å². The fraction of sp³-hybridized carbons (Fsp3) is 0.235. The van der Waals surface area contributed by atoms with Crippen molar-refractivity contribution in [2.75, 3.05) is 24.9 Å². The van der Waals surface area contributed by atoms with E-state index in [2.05, 4.69) is 15.4 Å². The molecule has 1 aliphatic rings. The van der Waals surface area contributed by atoms with Gasteiger partial charge in [-0.3, -0.25) is 4.79 Å². The maximum Gasteiger partial charge on any atom is 0.262 e. The zero-order chi connectivity index (χ0) is 18.9. The highest BCUT2D eigenvalue weighted by Gasteiger charge is 2.33. The molecule has 0 unspecified atom stereocenters.